The van der Waals surface area contributed by atoms with Crippen LogP contribution in [0.25, 0.3) is 27.4 Å². The van der Waals surface area contributed by atoms with E-state index in [4.69, 9.17) is 9.40 Å². The predicted molar refractivity (Wildman–Crippen MR) is 111 cm³/mol. The van der Waals surface area contributed by atoms with E-state index < -0.39 is 0 Å². The van der Waals surface area contributed by atoms with Crippen molar-refractivity contribution in [3.63, 3.8) is 0 Å². The van der Waals surface area contributed by atoms with Gasteiger partial charge < -0.3 is 4.42 Å². The molecule has 0 saturated carbocycles. The van der Waals surface area contributed by atoms with Gasteiger partial charge in [0.15, 0.2) is 11.4 Å². The largest absolute Gasteiger partial charge is 0.456 e. The van der Waals surface area contributed by atoms with Gasteiger partial charge in [-0.1, -0.05) is 13.3 Å². The molecule has 1 aliphatic rings. The van der Waals surface area contributed by atoms with Crippen molar-refractivity contribution in [1.82, 2.24) is 29.4 Å². The molecule has 0 saturated heterocycles. The van der Waals surface area contributed by atoms with Gasteiger partial charge in [-0.3, -0.25) is 4.68 Å². The molecule has 5 aromatic rings. The fraction of sp³-hybridized carbons (Fsp3) is 0.333. The summed E-state index contributed by atoms with van der Waals surface area (Å²) in [7, 11) is 0. The van der Waals surface area contributed by atoms with Gasteiger partial charge in [0.25, 0.3) is 0 Å². The van der Waals surface area contributed by atoms with E-state index in [1.807, 2.05) is 40.4 Å². The standard InChI is InChI=1S/C21H20N6OS/c1-2-13-4-6-15-17(10-13)29-21-18(15)20-24-19(25-27(20)12-22-21)16-7-5-14(28-16)11-26-9-3-8-23-26/h3,5,7-9,12-13H,2,4,6,10-11H2,1H3/t13-/m1/s1. The maximum Gasteiger partial charge on any atom is 0.217 e. The minimum absolute atomic E-state index is 0.586. The lowest BCUT2D eigenvalue weighted by Crippen LogP contribution is -2.11. The van der Waals surface area contributed by atoms with E-state index in [-0.39, 0.29) is 0 Å². The van der Waals surface area contributed by atoms with Crippen molar-refractivity contribution in [3.05, 3.63) is 53.1 Å². The first-order valence-electron chi connectivity index (χ1n) is 10.0. The van der Waals surface area contributed by atoms with Crippen LogP contribution < -0.4 is 0 Å². The summed E-state index contributed by atoms with van der Waals surface area (Å²) in [6.45, 7) is 2.87. The van der Waals surface area contributed by atoms with Crippen LogP contribution in [0.2, 0.25) is 0 Å². The Balaban J connectivity index is 1.41. The van der Waals surface area contributed by atoms with Crippen LogP contribution in [0.4, 0.5) is 0 Å². The number of aromatic nitrogens is 6. The molecule has 1 aliphatic carbocycles. The number of thiophene rings is 1. The van der Waals surface area contributed by atoms with Gasteiger partial charge in [0.1, 0.15) is 16.9 Å². The molecule has 5 aromatic heterocycles. The van der Waals surface area contributed by atoms with Crippen molar-refractivity contribution < 1.29 is 4.42 Å². The molecule has 1 atom stereocenters. The molecular formula is C21H20N6OS. The summed E-state index contributed by atoms with van der Waals surface area (Å²) in [4.78, 5) is 12.0. The Morgan fingerprint density at radius 1 is 1.31 bits per heavy atom. The van der Waals surface area contributed by atoms with Gasteiger partial charge in [-0.05, 0) is 48.9 Å². The van der Waals surface area contributed by atoms with Gasteiger partial charge in [-0.15, -0.1) is 16.4 Å². The monoisotopic (exact) mass is 404 g/mol. The maximum atomic E-state index is 5.99. The van der Waals surface area contributed by atoms with Crippen LogP contribution >= 0.6 is 11.3 Å². The molecule has 0 amide bonds. The second kappa shape index (κ2) is 6.52. The lowest BCUT2D eigenvalue weighted by atomic mass is 9.86. The molecule has 0 unspecified atom stereocenters. The predicted octanol–water partition coefficient (Wildman–Crippen LogP) is 4.36. The van der Waals surface area contributed by atoms with Crippen LogP contribution in [0.1, 0.15) is 36.0 Å². The highest BCUT2D eigenvalue weighted by molar-refractivity contribution is 7.19. The SMILES string of the molecule is CC[C@@H]1CCc2c(sc3ncn4nc(-c5ccc(Cn6cccn6)o5)nc4c23)C1. The zero-order valence-electron chi connectivity index (χ0n) is 16.1. The van der Waals surface area contributed by atoms with Crippen molar-refractivity contribution in [2.75, 3.05) is 0 Å². The topological polar surface area (TPSA) is 74.0 Å². The number of fused-ring (bicyclic) bond motifs is 5. The zero-order chi connectivity index (χ0) is 19.4. The summed E-state index contributed by atoms with van der Waals surface area (Å²) in [6, 6.07) is 5.77. The first kappa shape index (κ1) is 16.9. The van der Waals surface area contributed by atoms with Crippen molar-refractivity contribution in [2.45, 2.75) is 39.2 Å². The Bertz CT molecular complexity index is 1310. The van der Waals surface area contributed by atoms with E-state index in [2.05, 4.69) is 22.1 Å². The zero-order valence-corrected chi connectivity index (χ0v) is 16.9. The molecule has 5 heterocycles. The normalized spacial score (nSPS) is 16.7. The van der Waals surface area contributed by atoms with Gasteiger partial charge >= 0.3 is 0 Å². The highest BCUT2D eigenvalue weighted by atomic mass is 32.1. The summed E-state index contributed by atoms with van der Waals surface area (Å²) in [5.74, 6) is 2.87. The number of furan rings is 1. The fourth-order valence-corrected chi connectivity index (χ4v) is 5.53. The molecule has 8 heteroatoms. The molecule has 0 radical (unpaired) electrons. The van der Waals surface area contributed by atoms with Crippen LogP contribution in [-0.4, -0.2) is 29.4 Å². The van der Waals surface area contributed by atoms with Crippen LogP contribution in [0.3, 0.4) is 0 Å². The van der Waals surface area contributed by atoms with Crippen molar-refractivity contribution in [2.24, 2.45) is 5.92 Å². The van der Waals surface area contributed by atoms with Gasteiger partial charge in [0, 0.05) is 17.3 Å². The van der Waals surface area contributed by atoms with Crippen LogP contribution in [0, 0.1) is 5.92 Å². The molecule has 7 nitrogen and oxygen atoms in total. The second-order valence-corrected chi connectivity index (χ2v) is 8.70. The van der Waals surface area contributed by atoms with E-state index in [0.29, 0.717) is 18.1 Å². The number of aryl methyl sites for hydroxylation is 1. The average molecular weight is 404 g/mol. The molecule has 0 bridgehead atoms. The average Bonchev–Trinajstić information content (AvgIpc) is 3.51. The lowest BCUT2D eigenvalue weighted by Gasteiger charge is -2.20. The number of nitrogens with zero attached hydrogens (tertiary/aromatic N) is 6. The molecule has 146 valence electrons. The van der Waals surface area contributed by atoms with Crippen molar-refractivity contribution >= 4 is 27.2 Å². The summed E-state index contributed by atoms with van der Waals surface area (Å²) in [5, 5.41) is 10.0. The number of hydrogen-bond donors (Lipinski definition) is 0. The fourth-order valence-electron chi connectivity index (χ4n) is 4.23. The third-order valence-electron chi connectivity index (χ3n) is 5.82. The number of hydrogen-bond acceptors (Lipinski definition) is 6. The first-order chi connectivity index (χ1) is 14.3. The number of rotatable bonds is 4. The Morgan fingerprint density at radius 3 is 3.14 bits per heavy atom. The van der Waals surface area contributed by atoms with E-state index >= 15 is 0 Å². The minimum Gasteiger partial charge on any atom is -0.456 e. The Kier molecular flexibility index (Phi) is 3.80. The third kappa shape index (κ3) is 2.78. The molecular weight excluding hydrogens is 384 g/mol. The van der Waals surface area contributed by atoms with E-state index in [1.54, 1.807) is 17.0 Å². The van der Waals surface area contributed by atoms with Crippen molar-refractivity contribution in [3.8, 4) is 11.6 Å². The Labute approximate surface area is 171 Å². The maximum absolute atomic E-state index is 5.99. The summed E-state index contributed by atoms with van der Waals surface area (Å²) in [6.07, 6.45) is 10.2. The van der Waals surface area contributed by atoms with Crippen LogP contribution in [-0.2, 0) is 19.4 Å². The summed E-state index contributed by atoms with van der Waals surface area (Å²) in [5.41, 5.74) is 2.30. The molecule has 0 N–H and O–H groups in total. The van der Waals surface area contributed by atoms with Crippen LogP contribution in [0.5, 0.6) is 0 Å². The van der Waals surface area contributed by atoms with Gasteiger partial charge in [-0.2, -0.15) is 5.10 Å². The molecule has 0 aromatic carbocycles. The highest BCUT2D eigenvalue weighted by Gasteiger charge is 2.25. The lowest BCUT2D eigenvalue weighted by molar-refractivity contribution is 0.451. The second-order valence-electron chi connectivity index (χ2n) is 7.62. The molecule has 6 rings (SSSR count). The quantitative estimate of drug-likeness (QED) is 0.445. The van der Waals surface area contributed by atoms with E-state index in [1.165, 1.54) is 28.7 Å². The summed E-state index contributed by atoms with van der Waals surface area (Å²) >= 11 is 1.82. The Hall–Kier alpha value is -3.00. The van der Waals surface area contributed by atoms with Crippen molar-refractivity contribution in [1.29, 1.82) is 0 Å². The highest BCUT2D eigenvalue weighted by Crippen LogP contribution is 2.39. The molecule has 0 fully saturated rings. The molecule has 29 heavy (non-hydrogen) atoms. The van der Waals surface area contributed by atoms with E-state index in [0.717, 1.165) is 35.0 Å². The third-order valence-corrected chi connectivity index (χ3v) is 6.99. The van der Waals surface area contributed by atoms with Gasteiger partial charge in [0.2, 0.25) is 5.82 Å². The van der Waals surface area contributed by atoms with E-state index in [9.17, 15) is 0 Å². The molecule has 0 aliphatic heterocycles. The first-order valence-corrected chi connectivity index (χ1v) is 10.8. The molecule has 0 spiro atoms. The van der Waals surface area contributed by atoms with Gasteiger partial charge in [-0.25, -0.2) is 14.5 Å². The van der Waals surface area contributed by atoms with Gasteiger partial charge in [0.05, 0.1) is 11.9 Å². The smallest absolute Gasteiger partial charge is 0.217 e. The Morgan fingerprint density at radius 2 is 2.28 bits per heavy atom. The minimum atomic E-state index is 0.586. The summed E-state index contributed by atoms with van der Waals surface area (Å²) < 4.78 is 9.60. The van der Waals surface area contributed by atoms with Crippen LogP contribution in [0.15, 0.2) is 41.3 Å².